The van der Waals surface area contributed by atoms with Gasteiger partial charge in [-0.15, -0.1) is 6.58 Å². The lowest BCUT2D eigenvalue weighted by molar-refractivity contribution is -0.229. The van der Waals surface area contributed by atoms with Gasteiger partial charge in [-0.2, -0.15) is 8.78 Å². The summed E-state index contributed by atoms with van der Waals surface area (Å²) in [4.78, 5) is 0. The lowest BCUT2D eigenvalue weighted by atomic mass is 9.76. The summed E-state index contributed by atoms with van der Waals surface area (Å²) in [5, 5.41) is 0. The molecular weight excluding hydrogens is 558 g/mol. The Labute approximate surface area is 243 Å². The number of benzene rings is 2. The van der Waals surface area contributed by atoms with Gasteiger partial charge in [0.25, 0.3) is 0 Å². The van der Waals surface area contributed by atoms with E-state index in [2.05, 4.69) is 11.3 Å². The minimum Gasteiger partial charge on any atom is -0.432 e. The van der Waals surface area contributed by atoms with Crippen molar-refractivity contribution in [2.24, 2.45) is 17.8 Å². The number of ether oxygens (including phenoxy) is 3. The van der Waals surface area contributed by atoms with E-state index < -0.39 is 35.2 Å². The average Bonchev–Trinajstić information content (AvgIpc) is 2.99. The number of hydrogen-bond donors (Lipinski definition) is 0. The van der Waals surface area contributed by atoms with Crippen LogP contribution < -0.4 is 4.74 Å². The normalized spacial score (nSPS) is 28.8. The molecule has 3 fully saturated rings. The van der Waals surface area contributed by atoms with Gasteiger partial charge >= 0.3 is 6.11 Å². The second kappa shape index (κ2) is 13.4. The van der Waals surface area contributed by atoms with Crippen LogP contribution in [0.15, 0.2) is 43.0 Å². The smallest absolute Gasteiger partial charge is 0.400 e. The molecule has 0 spiro atoms. The highest BCUT2D eigenvalue weighted by Crippen LogP contribution is 2.45. The van der Waals surface area contributed by atoms with Gasteiger partial charge in [-0.25, -0.2) is 17.6 Å². The molecule has 230 valence electrons. The molecule has 0 N–H and O–H groups in total. The Morgan fingerprint density at radius 3 is 2.02 bits per heavy atom. The van der Waals surface area contributed by atoms with Gasteiger partial charge in [0.15, 0.2) is 23.7 Å². The predicted molar refractivity (Wildman–Crippen MR) is 146 cm³/mol. The van der Waals surface area contributed by atoms with E-state index in [9.17, 15) is 22.0 Å². The van der Waals surface area contributed by atoms with Crippen LogP contribution in [0.2, 0.25) is 0 Å². The molecule has 0 aromatic heterocycles. The number of alkyl halides is 2. The van der Waals surface area contributed by atoms with E-state index in [0.29, 0.717) is 55.6 Å². The Hall–Kier alpha value is -2.52. The minimum atomic E-state index is -3.70. The average molecular weight is 597 g/mol. The van der Waals surface area contributed by atoms with Crippen molar-refractivity contribution >= 4 is 0 Å². The van der Waals surface area contributed by atoms with Crippen LogP contribution in [0.25, 0.3) is 0 Å². The van der Waals surface area contributed by atoms with E-state index in [-0.39, 0.29) is 36.8 Å². The van der Waals surface area contributed by atoms with E-state index >= 15 is 4.39 Å². The van der Waals surface area contributed by atoms with Crippen molar-refractivity contribution < 1.29 is 40.6 Å². The maximum absolute atomic E-state index is 15.3. The summed E-state index contributed by atoms with van der Waals surface area (Å²) in [5.74, 6) is -6.46. The highest BCUT2D eigenvalue weighted by molar-refractivity contribution is 5.30. The summed E-state index contributed by atoms with van der Waals surface area (Å²) in [7, 11) is 0. The number of rotatable bonds is 9. The fourth-order valence-electron chi connectivity index (χ4n) is 6.78. The van der Waals surface area contributed by atoms with Crippen molar-refractivity contribution in [1.29, 1.82) is 0 Å². The Morgan fingerprint density at radius 1 is 0.810 bits per heavy atom. The zero-order valence-electron chi connectivity index (χ0n) is 23.6. The maximum atomic E-state index is 15.3. The maximum Gasteiger partial charge on any atom is 0.400 e. The van der Waals surface area contributed by atoms with Gasteiger partial charge in [0.2, 0.25) is 0 Å². The summed E-state index contributed by atoms with van der Waals surface area (Å²) >= 11 is 0. The fraction of sp³-hybridized carbons (Fsp3) is 0.576. The van der Waals surface area contributed by atoms with Crippen LogP contribution in [0, 0.1) is 41.0 Å². The first-order valence-electron chi connectivity index (χ1n) is 15.0. The van der Waals surface area contributed by atoms with Gasteiger partial charge in [0, 0.05) is 24.0 Å². The largest absolute Gasteiger partial charge is 0.432 e. The van der Waals surface area contributed by atoms with Gasteiger partial charge in [-0.3, -0.25) is 0 Å². The molecule has 0 amide bonds. The molecule has 3 aliphatic rings. The molecule has 0 atom stereocenters. The Kier molecular flexibility index (Phi) is 9.88. The van der Waals surface area contributed by atoms with Crippen LogP contribution in [-0.2, 0) is 9.47 Å². The summed E-state index contributed by atoms with van der Waals surface area (Å²) in [6.45, 7) is 5.20. The molecule has 0 unspecified atom stereocenters. The van der Waals surface area contributed by atoms with Gasteiger partial charge < -0.3 is 14.2 Å². The van der Waals surface area contributed by atoms with Gasteiger partial charge in [0.1, 0.15) is 11.6 Å². The first kappa shape index (κ1) is 30.9. The van der Waals surface area contributed by atoms with Crippen molar-refractivity contribution in [3.8, 4) is 5.75 Å². The van der Waals surface area contributed by atoms with Gasteiger partial charge in [-0.05, 0) is 93.2 Å². The Bertz CT molecular complexity index is 1190. The highest BCUT2D eigenvalue weighted by atomic mass is 19.3. The van der Waals surface area contributed by atoms with Crippen molar-refractivity contribution in [3.63, 3.8) is 0 Å². The standard InChI is InChI=1S/C33H38F6O3/c1-2-3-4-20-18-40-32(41-19-20)23-7-5-21(6-8-23)24-11-14-27(28(34)15-24)22-9-12-25(13-10-22)33(38,39)42-26-16-29(35)31(37)30(36)17-26/h2,11,14-17,20-23,25,32H,1,3-10,12-13,18-19H2. The summed E-state index contributed by atoms with van der Waals surface area (Å²) < 4.78 is 102. The number of halogens is 6. The minimum absolute atomic E-state index is 0.0509. The topological polar surface area (TPSA) is 27.7 Å². The zero-order valence-corrected chi connectivity index (χ0v) is 23.6. The SMILES string of the molecule is C=CCCC1COC(C2CCC(c3ccc(C4CCC(C(F)(F)Oc5cc(F)c(F)c(F)c5)CC4)c(F)c3)CC2)OC1. The molecule has 1 aliphatic heterocycles. The predicted octanol–water partition coefficient (Wildman–Crippen LogP) is 9.42. The first-order chi connectivity index (χ1) is 20.1. The molecule has 3 nitrogen and oxygen atoms in total. The molecule has 2 aliphatic carbocycles. The van der Waals surface area contributed by atoms with E-state index in [1.807, 2.05) is 12.1 Å². The molecular formula is C33H38F6O3. The van der Waals surface area contributed by atoms with Crippen LogP contribution in [0.1, 0.15) is 87.2 Å². The van der Waals surface area contributed by atoms with Crippen molar-refractivity contribution in [2.45, 2.75) is 88.4 Å². The number of allylic oxidation sites excluding steroid dienone is 1. The summed E-state index contributed by atoms with van der Waals surface area (Å²) in [6, 6.07) is 6.15. The third-order valence-electron chi connectivity index (χ3n) is 9.28. The second-order valence-electron chi connectivity index (χ2n) is 12.1. The molecule has 1 saturated heterocycles. The Morgan fingerprint density at radius 2 is 1.43 bits per heavy atom. The molecule has 42 heavy (non-hydrogen) atoms. The lowest BCUT2D eigenvalue weighted by Crippen LogP contribution is -2.38. The monoisotopic (exact) mass is 596 g/mol. The van der Waals surface area contributed by atoms with Crippen LogP contribution in [0.4, 0.5) is 26.3 Å². The van der Waals surface area contributed by atoms with Crippen molar-refractivity contribution in [3.05, 3.63) is 77.4 Å². The first-order valence-corrected chi connectivity index (χ1v) is 15.0. The second-order valence-corrected chi connectivity index (χ2v) is 12.1. The molecule has 1 heterocycles. The van der Waals surface area contributed by atoms with Crippen LogP contribution >= 0.6 is 0 Å². The van der Waals surface area contributed by atoms with Crippen LogP contribution in [0.3, 0.4) is 0 Å². The van der Waals surface area contributed by atoms with E-state index in [4.69, 9.17) is 9.47 Å². The number of hydrogen-bond acceptors (Lipinski definition) is 3. The fourth-order valence-corrected chi connectivity index (χ4v) is 6.78. The molecule has 0 radical (unpaired) electrons. The third-order valence-corrected chi connectivity index (χ3v) is 9.28. The molecule has 9 heteroatoms. The van der Waals surface area contributed by atoms with Crippen molar-refractivity contribution in [2.75, 3.05) is 13.2 Å². The Balaban J connectivity index is 1.11. The van der Waals surface area contributed by atoms with E-state index in [1.54, 1.807) is 12.1 Å². The van der Waals surface area contributed by atoms with Crippen LogP contribution in [-0.4, -0.2) is 25.6 Å². The van der Waals surface area contributed by atoms with E-state index in [1.165, 1.54) is 0 Å². The lowest BCUT2D eigenvalue weighted by Gasteiger charge is -2.38. The summed E-state index contributed by atoms with van der Waals surface area (Å²) in [6.07, 6.45) is 4.53. The van der Waals surface area contributed by atoms with Gasteiger partial charge in [-0.1, -0.05) is 18.2 Å². The van der Waals surface area contributed by atoms with Crippen LogP contribution in [0.5, 0.6) is 5.75 Å². The van der Waals surface area contributed by atoms with Crippen molar-refractivity contribution in [1.82, 2.24) is 0 Å². The van der Waals surface area contributed by atoms with E-state index in [0.717, 1.165) is 44.1 Å². The van der Waals surface area contributed by atoms with Gasteiger partial charge in [0.05, 0.1) is 19.1 Å². The molecule has 2 aromatic carbocycles. The molecule has 5 rings (SSSR count). The third kappa shape index (κ3) is 7.16. The molecule has 2 saturated carbocycles. The highest BCUT2D eigenvalue weighted by Gasteiger charge is 2.44. The zero-order chi connectivity index (χ0) is 29.9. The molecule has 0 bridgehead atoms. The molecule has 2 aromatic rings. The quantitative estimate of drug-likeness (QED) is 0.164. The summed E-state index contributed by atoms with van der Waals surface area (Å²) in [5.41, 5.74) is 1.48.